The van der Waals surface area contributed by atoms with Crippen LogP contribution in [-0.2, 0) is 4.79 Å². The number of ether oxygens (including phenoxy) is 1. The molecule has 1 aliphatic heterocycles. The number of likely N-dealkylation sites (tertiary alicyclic amines) is 1. The van der Waals surface area contributed by atoms with Gasteiger partial charge in [-0.25, -0.2) is 9.18 Å². The first kappa shape index (κ1) is 19.6. The molecule has 1 amide bonds. The average Bonchev–Trinajstić information content (AvgIpc) is 3.49. The van der Waals surface area contributed by atoms with Crippen molar-refractivity contribution in [3.05, 3.63) is 29.1 Å². The Morgan fingerprint density at radius 3 is 2.23 bits per heavy atom. The highest BCUT2D eigenvalue weighted by Crippen LogP contribution is 2.60. The summed E-state index contributed by atoms with van der Waals surface area (Å²) in [6.45, 7) is 1.01. The van der Waals surface area contributed by atoms with Crippen molar-refractivity contribution in [1.29, 1.82) is 0 Å². The standard InChI is InChI=1S/C25H30FNO4/c26-20-9-22(31-13-25-10-14-5-15(11-25)7-16(6-14)12-25)18(17-1-2-17)8-19(20)23(28)27-4-3-21(27)24(29)30/h8-9,14-17,21H,1-7,10-13H2,(H,29,30)/t14?,15?,16?,21-,25?/m0/s1. The number of carbonyl (C=O) groups excluding carboxylic acids is 1. The molecule has 0 aromatic heterocycles. The zero-order valence-electron chi connectivity index (χ0n) is 17.8. The molecule has 0 unspecified atom stereocenters. The van der Waals surface area contributed by atoms with E-state index in [1.807, 2.05) is 0 Å². The molecule has 31 heavy (non-hydrogen) atoms. The summed E-state index contributed by atoms with van der Waals surface area (Å²) in [5.74, 6) is 1.26. The van der Waals surface area contributed by atoms with Crippen LogP contribution in [0.3, 0.4) is 0 Å². The number of carboxylic acids is 1. The van der Waals surface area contributed by atoms with Crippen LogP contribution in [0.15, 0.2) is 12.1 Å². The lowest BCUT2D eigenvalue weighted by Crippen LogP contribution is -2.55. The minimum absolute atomic E-state index is 0.0185. The van der Waals surface area contributed by atoms with E-state index in [2.05, 4.69) is 0 Å². The molecule has 0 radical (unpaired) electrons. The smallest absolute Gasteiger partial charge is 0.326 e. The van der Waals surface area contributed by atoms with Gasteiger partial charge in [0.2, 0.25) is 0 Å². The quantitative estimate of drug-likeness (QED) is 0.721. The Morgan fingerprint density at radius 2 is 1.71 bits per heavy atom. The van der Waals surface area contributed by atoms with Crippen LogP contribution in [0.5, 0.6) is 5.75 Å². The normalized spacial score (nSPS) is 35.7. The van der Waals surface area contributed by atoms with Crippen molar-refractivity contribution in [1.82, 2.24) is 4.90 Å². The highest BCUT2D eigenvalue weighted by atomic mass is 19.1. The number of nitrogens with zero attached hydrogens (tertiary/aromatic N) is 1. The van der Waals surface area contributed by atoms with Gasteiger partial charge in [-0.3, -0.25) is 4.79 Å². The first-order valence-electron chi connectivity index (χ1n) is 11.9. The number of rotatable bonds is 6. The number of halogens is 1. The molecule has 5 aliphatic carbocycles. The Hall–Kier alpha value is -2.11. The van der Waals surface area contributed by atoms with Gasteiger partial charge in [-0.05, 0) is 93.1 Å². The van der Waals surface area contributed by atoms with E-state index in [0.717, 1.165) is 36.2 Å². The lowest BCUT2D eigenvalue weighted by molar-refractivity contribution is -0.146. The molecule has 1 atom stereocenters. The molecule has 5 nitrogen and oxygen atoms in total. The largest absolute Gasteiger partial charge is 0.493 e. The minimum atomic E-state index is -1.03. The summed E-state index contributed by atoms with van der Waals surface area (Å²) in [4.78, 5) is 25.4. The fourth-order valence-corrected chi connectivity index (χ4v) is 7.31. The lowest BCUT2D eigenvalue weighted by atomic mass is 9.50. The zero-order chi connectivity index (χ0) is 21.3. The first-order valence-corrected chi connectivity index (χ1v) is 11.9. The molecule has 166 valence electrons. The topological polar surface area (TPSA) is 66.8 Å². The molecule has 6 heteroatoms. The fraction of sp³-hybridized carbons (Fsp3) is 0.680. The van der Waals surface area contributed by atoms with Crippen LogP contribution in [-0.4, -0.2) is 41.1 Å². The van der Waals surface area contributed by atoms with Gasteiger partial charge >= 0.3 is 5.97 Å². The molecule has 1 heterocycles. The van der Waals surface area contributed by atoms with Crippen LogP contribution in [0.4, 0.5) is 4.39 Å². The van der Waals surface area contributed by atoms with Crippen LogP contribution in [0.1, 0.15) is 79.6 Å². The van der Waals surface area contributed by atoms with E-state index < -0.39 is 23.7 Å². The van der Waals surface area contributed by atoms with Crippen LogP contribution in [0.2, 0.25) is 0 Å². The lowest BCUT2D eigenvalue weighted by Gasteiger charge is -2.56. The van der Waals surface area contributed by atoms with Gasteiger partial charge in [-0.2, -0.15) is 0 Å². The minimum Gasteiger partial charge on any atom is -0.493 e. The molecule has 6 fully saturated rings. The van der Waals surface area contributed by atoms with E-state index in [1.54, 1.807) is 6.07 Å². The van der Waals surface area contributed by atoms with E-state index in [4.69, 9.17) is 4.74 Å². The van der Waals surface area contributed by atoms with E-state index >= 15 is 4.39 Å². The Morgan fingerprint density at radius 1 is 1.06 bits per heavy atom. The second-order valence-corrected chi connectivity index (χ2v) is 11.0. The van der Waals surface area contributed by atoms with Crippen LogP contribution in [0, 0.1) is 29.0 Å². The summed E-state index contributed by atoms with van der Waals surface area (Å²) >= 11 is 0. The number of benzene rings is 1. The molecule has 1 aromatic carbocycles. The van der Waals surface area contributed by atoms with Gasteiger partial charge in [0, 0.05) is 18.0 Å². The molecule has 0 spiro atoms. The van der Waals surface area contributed by atoms with Gasteiger partial charge in [0.15, 0.2) is 0 Å². The van der Waals surface area contributed by atoms with Crippen molar-refractivity contribution < 1.29 is 23.8 Å². The molecule has 1 N–H and O–H groups in total. The second kappa shape index (κ2) is 6.94. The fourth-order valence-electron chi connectivity index (χ4n) is 7.31. The van der Waals surface area contributed by atoms with Gasteiger partial charge in [-0.1, -0.05) is 0 Å². The van der Waals surface area contributed by atoms with Crippen molar-refractivity contribution >= 4 is 11.9 Å². The van der Waals surface area contributed by atoms with Crippen molar-refractivity contribution in [2.24, 2.45) is 23.2 Å². The van der Waals surface area contributed by atoms with E-state index in [9.17, 15) is 14.7 Å². The third-order valence-electron chi connectivity index (χ3n) is 8.61. The number of amides is 1. The molecule has 5 saturated carbocycles. The van der Waals surface area contributed by atoms with Gasteiger partial charge in [-0.15, -0.1) is 0 Å². The Kier molecular flexibility index (Phi) is 4.38. The molecule has 6 aliphatic rings. The maximum atomic E-state index is 15.0. The summed E-state index contributed by atoms with van der Waals surface area (Å²) < 4.78 is 21.4. The molecular formula is C25H30FNO4. The summed E-state index contributed by atoms with van der Waals surface area (Å²) in [6, 6.07) is 2.18. The molecule has 1 aromatic rings. The number of hydrogen-bond acceptors (Lipinski definition) is 3. The molecular weight excluding hydrogens is 397 g/mol. The monoisotopic (exact) mass is 427 g/mol. The van der Waals surface area contributed by atoms with E-state index in [-0.39, 0.29) is 11.0 Å². The molecule has 1 saturated heterocycles. The molecule has 4 bridgehead atoms. The van der Waals surface area contributed by atoms with E-state index in [0.29, 0.717) is 31.2 Å². The highest BCUT2D eigenvalue weighted by molar-refractivity contribution is 5.98. The summed E-state index contributed by atoms with van der Waals surface area (Å²) in [7, 11) is 0. The third kappa shape index (κ3) is 3.33. The second-order valence-electron chi connectivity index (χ2n) is 11.0. The summed E-state index contributed by atoms with van der Waals surface area (Å²) in [5.41, 5.74) is 1.14. The summed E-state index contributed by atoms with van der Waals surface area (Å²) in [5, 5.41) is 9.24. The summed E-state index contributed by atoms with van der Waals surface area (Å²) in [6.07, 6.45) is 10.3. The van der Waals surface area contributed by atoms with Crippen molar-refractivity contribution in [3.8, 4) is 5.75 Å². The van der Waals surface area contributed by atoms with Crippen LogP contribution < -0.4 is 4.74 Å². The highest BCUT2D eigenvalue weighted by Gasteiger charge is 2.51. The van der Waals surface area contributed by atoms with Crippen LogP contribution >= 0.6 is 0 Å². The average molecular weight is 428 g/mol. The first-order chi connectivity index (χ1) is 14.9. The maximum Gasteiger partial charge on any atom is 0.326 e. The van der Waals surface area contributed by atoms with Crippen molar-refractivity contribution in [2.75, 3.05) is 13.2 Å². The molecule has 7 rings (SSSR count). The van der Waals surface area contributed by atoms with Gasteiger partial charge in [0.1, 0.15) is 17.6 Å². The van der Waals surface area contributed by atoms with Crippen molar-refractivity contribution in [3.63, 3.8) is 0 Å². The predicted molar refractivity (Wildman–Crippen MR) is 112 cm³/mol. The Balaban J connectivity index is 1.23. The Bertz CT molecular complexity index is 904. The SMILES string of the molecule is O=C(O)[C@@H]1CCN1C(=O)c1cc(C2CC2)c(OCC23CC4CC(CC(C4)C2)C3)cc1F. The maximum absolute atomic E-state index is 15.0. The van der Waals surface area contributed by atoms with Gasteiger partial charge in [0.25, 0.3) is 5.91 Å². The Labute approximate surface area is 181 Å². The predicted octanol–water partition coefficient (Wildman–Crippen LogP) is 4.60. The zero-order valence-corrected chi connectivity index (χ0v) is 17.8. The number of hydrogen-bond donors (Lipinski definition) is 1. The van der Waals surface area contributed by atoms with E-state index in [1.165, 1.54) is 49.5 Å². The van der Waals surface area contributed by atoms with Crippen molar-refractivity contribution in [2.45, 2.75) is 69.7 Å². The number of carbonyl (C=O) groups is 2. The van der Waals surface area contributed by atoms with Gasteiger partial charge in [0.05, 0.1) is 12.2 Å². The van der Waals surface area contributed by atoms with Crippen LogP contribution in [0.25, 0.3) is 0 Å². The number of aliphatic carboxylic acids is 1. The number of carboxylic acid groups (broad SMARTS) is 1. The van der Waals surface area contributed by atoms with Gasteiger partial charge < -0.3 is 14.7 Å². The third-order valence-corrected chi connectivity index (χ3v) is 8.61.